The van der Waals surface area contributed by atoms with Gasteiger partial charge in [-0.2, -0.15) is 0 Å². The molecule has 0 unspecified atom stereocenters. The Morgan fingerprint density at radius 2 is 0.316 bits per heavy atom. The zero-order valence-corrected chi connectivity index (χ0v) is 97.7. The molecule has 0 saturated heterocycles. The van der Waals surface area contributed by atoms with Gasteiger partial charge in [-0.15, -0.1) is 11.8 Å². The summed E-state index contributed by atoms with van der Waals surface area (Å²) in [6, 6.07) is 75.7. The maximum Gasteiger partial charge on any atom is 0.206 e. The second-order valence-corrected chi connectivity index (χ2v) is 56.2. The molecule has 0 atom stereocenters. The number of rotatable bonds is 8. The third-order valence-electron chi connectivity index (χ3n) is 21.5. The van der Waals surface area contributed by atoms with Gasteiger partial charge < -0.3 is 4.90 Å². The molecule has 10 rings (SSSR count). The van der Waals surface area contributed by atoms with Gasteiger partial charge in [0.1, 0.15) is 0 Å². The van der Waals surface area contributed by atoms with Crippen LogP contribution in [-0.2, 0) is 53.2 Å². The predicted molar refractivity (Wildman–Crippen MR) is 580 cm³/mol. The van der Waals surface area contributed by atoms with E-state index in [9.17, 15) is 8.42 Å². The number of nitrogens with zero attached hydrogens (tertiary/aromatic N) is 1. The van der Waals surface area contributed by atoms with Crippen LogP contribution >= 0.6 is 0 Å². The first-order valence-electron chi connectivity index (χ1n) is 48.1. The van der Waals surface area contributed by atoms with Crippen molar-refractivity contribution in [2.75, 3.05) is 4.90 Å². The summed E-state index contributed by atoms with van der Waals surface area (Å²) >= 11 is 0. The van der Waals surface area contributed by atoms with E-state index in [1.807, 2.05) is 38.1 Å². The summed E-state index contributed by atoms with van der Waals surface area (Å²) in [5, 5.41) is 0. The minimum absolute atomic E-state index is 0. The smallest absolute Gasteiger partial charge is 0.206 e. The zero-order valence-electron chi connectivity index (χ0n) is 94.0. The monoisotopic (exact) mass is 1930 g/mol. The standard InChI is InChI=1S/C36H42.C30H39N.C20H26O2S.C15H30.4C5H12.C4H6.4Ar/c1-34(2,3)31-16-10-25(11-17-31)28-22-29(26-12-18-32(19-13-26)35(4,5)6)24-30(23-28)27-14-20-33(21-15-27)36(7,8)9;1-28(2,3)22-10-16-25(17-11-22)31(26-18-12-23(13-19-26)29(4,5)6)27-20-14-24(15-21-27)30(7,8)9;1-19(2,3)15-7-11-17(12-8-15)23(21,22)18-13-9-16(10-14-18)20(4,5)6;1-13(2,3)10-11(14(4,5)6)12(10)15(7,8)9;4*1-5(2,3)4;1-3-4-2;;;;/h10-24H,1-9H3;10-21H,1-9H3;7-14H,1-6H3;10-12H,1-9H3;4*1-4H3;1-2H3;;;;. The molecule has 8 heteroatoms. The quantitative estimate of drug-likeness (QED) is 0.142. The van der Waals surface area contributed by atoms with Crippen LogP contribution < -0.4 is 4.90 Å². The molecule has 1 aliphatic carbocycles. The third kappa shape index (κ3) is 51.2. The van der Waals surface area contributed by atoms with E-state index in [1.54, 1.807) is 24.3 Å². The van der Waals surface area contributed by atoms with E-state index in [0.717, 1.165) is 28.9 Å². The van der Waals surface area contributed by atoms with Crippen LogP contribution in [0.25, 0.3) is 33.4 Å². The molecule has 0 radical (unpaired) electrons. The fourth-order valence-electron chi connectivity index (χ4n) is 14.3. The number of hydrogen-bond donors (Lipinski definition) is 0. The first-order chi connectivity index (χ1) is 57.7. The van der Waals surface area contributed by atoms with Gasteiger partial charge in [-0.1, -0.05) is 473 Å². The van der Waals surface area contributed by atoms with Crippen molar-refractivity contribution in [1.82, 2.24) is 0 Å². The molecule has 9 aromatic rings. The Labute approximate surface area is 943 Å². The van der Waals surface area contributed by atoms with E-state index < -0.39 is 9.84 Å². The Morgan fingerprint density at radius 3 is 0.429 bits per heavy atom. The van der Waals surface area contributed by atoms with Crippen LogP contribution in [0.3, 0.4) is 0 Å². The molecule has 746 valence electrons. The number of sulfone groups is 1. The molecule has 133 heavy (non-hydrogen) atoms. The molecule has 0 bridgehead atoms. The van der Waals surface area contributed by atoms with Crippen molar-refractivity contribution >= 4 is 26.9 Å². The van der Waals surface area contributed by atoms with Gasteiger partial charge >= 0.3 is 0 Å². The summed E-state index contributed by atoms with van der Waals surface area (Å²) in [5.41, 5.74) is 25.7. The molecule has 0 amide bonds. The van der Waals surface area contributed by atoms with E-state index in [4.69, 9.17) is 0 Å². The summed E-state index contributed by atoms with van der Waals surface area (Å²) in [4.78, 5) is 3.04. The number of hydrogen-bond acceptors (Lipinski definition) is 3. The van der Waals surface area contributed by atoms with Gasteiger partial charge in [0.05, 0.1) is 9.79 Å². The Bertz CT molecular complexity index is 4500. The molecule has 1 aliphatic rings. The van der Waals surface area contributed by atoms with Crippen LogP contribution in [0, 0.1) is 218 Å². The summed E-state index contributed by atoms with van der Waals surface area (Å²) < 4.78 is 25.5. The zero-order chi connectivity index (χ0) is 100. The molecule has 0 aliphatic heterocycles. The van der Waals surface area contributed by atoms with Crippen LogP contribution in [0.1, 0.15) is 398 Å². The minimum Gasteiger partial charge on any atom is -0.311 e. The molecule has 3 nitrogen and oxygen atoms in total. The van der Waals surface area contributed by atoms with Gasteiger partial charge in [0.15, 0.2) is 0 Å². The molecule has 1 fully saturated rings. The molecule has 0 aromatic heterocycles. The maximum absolute atomic E-state index is 12.8. The van der Waals surface area contributed by atoms with Crippen LogP contribution in [0.2, 0.25) is 0 Å². The van der Waals surface area contributed by atoms with Crippen molar-refractivity contribution in [3.05, 3.63) is 257 Å². The Hall–Kier alpha value is -2.67. The van der Waals surface area contributed by atoms with Gasteiger partial charge in [-0.05, 0) is 270 Å². The Balaban J connectivity index is -0.00000158. The van der Waals surface area contributed by atoms with E-state index in [0.29, 0.717) is 47.7 Å². The van der Waals surface area contributed by atoms with Gasteiger partial charge in [-0.3, -0.25) is 0 Å². The Morgan fingerprint density at radius 1 is 0.195 bits per heavy atom. The first kappa shape index (κ1) is 134. The van der Waals surface area contributed by atoms with E-state index in [2.05, 4.69) is 520 Å². The predicted octanol–water partition coefficient (Wildman–Crippen LogP) is 39.0. The molecule has 0 heterocycles. The normalized spacial score (nSPS) is 14.3. The van der Waals surface area contributed by atoms with Crippen LogP contribution in [0.4, 0.5) is 17.1 Å². The molecule has 0 spiro atoms. The largest absolute Gasteiger partial charge is 0.311 e. The van der Waals surface area contributed by atoms with Crippen LogP contribution in [-0.4, -0.2) is 8.42 Å². The summed E-state index contributed by atoms with van der Waals surface area (Å²) in [6.07, 6.45) is 0. The molecule has 9 aromatic carbocycles. The average molecular weight is 1930 g/mol. The first-order valence-corrected chi connectivity index (χ1v) is 49.6. The van der Waals surface area contributed by atoms with Crippen LogP contribution in [0.5, 0.6) is 0 Å². The summed E-state index contributed by atoms with van der Waals surface area (Å²) in [5.74, 6) is 8.06. The molecular formula is C125H191Ar4NO2S. The molecular weight excluding hydrogens is 1740 g/mol. The minimum atomic E-state index is -3.46. The molecule has 1 saturated carbocycles. The fourth-order valence-corrected chi connectivity index (χ4v) is 15.6. The van der Waals surface area contributed by atoms with Crippen molar-refractivity contribution in [2.45, 2.75) is 406 Å². The van der Waals surface area contributed by atoms with Crippen molar-refractivity contribution in [1.29, 1.82) is 0 Å². The second-order valence-electron chi connectivity index (χ2n) is 54.2. The van der Waals surface area contributed by atoms with Crippen molar-refractivity contribution in [3.63, 3.8) is 0 Å². The van der Waals surface area contributed by atoms with Gasteiger partial charge in [0.2, 0.25) is 9.84 Å². The van der Waals surface area contributed by atoms with Gasteiger partial charge in [-0.25, -0.2) is 8.42 Å². The van der Waals surface area contributed by atoms with Crippen molar-refractivity contribution in [3.8, 4) is 45.2 Å². The van der Waals surface area contributed by atoms with Gasteiger partial charge in [0.25, 0.3) is 0 Å². The Kier molecular flexibility index (Phi) is 54.2. The van der Waals surface area contributed by atoms with E-state index in [-0.39, 0.29) is 194 Å². The van der Waals surface area contributed by atoms with Crippen LogP contribution in [0.15, 0.2) is 222 Å². The van der Waals surface area contributed by atoms with E-state index in [1.165, 1.54) is 83.8 Å². The number of benzene rings is 9. The topological polar surface area (TPSA) is 37.4 Å². The van der Waals surface area contributed by atoms with Crippen molar-refractivity contribution < 1.29 is 159 Å². The van der Waals surface area contributed by atoms with E-state index >= 15 is 0 Å². The SMILES string of the molecule is CC#CC.CC(C)(C)C.CC(C)(C)C.CC(C)(C)C.CC(C)(C)C.CC(C)(C)C1C(C(C)(C)C)C1C(C)(C)C.CC(C)(C)c1ccc(-c2cc(-c3ccc(C(C)(C)C)cc3)cc(-c3ccc(C(C)(C)C)cc3)c2)cc1.CC(C)(C)c1ccc(N(c2ccc(C(C)(C)C)cc2)c2ccc(C(C)(C)C)cc2)cc1.CC(C)(C)c1ccc(S(=O)(=O)c2ccc(C(C)(C)C)cc2)cc1.[Ar].[Ar].[Ar].[Ar]. The summed E-state index contributed by atoms with van der Waals surface area (Å²) in [6.45, 7) is 114. The average Bonchev–Trinajstić information content (AvgIpc) is 1.54. The summed E-state index contributed by atoms with van der Waals surface area (Å²) in [7, 11) is -3.46. The second kappa shape index (κ2) is 53.6. The maximum atomic E-state index is 12.8. The molecule has 0 N–H and O–H groups in total. The van der Waals surface area contributed by atoms with Gasteiger partial charge in [0, 0.05) is 168 Å². The number of anilines is 3. The fraction of sp³-hybridized carbons (Fsp3) is 0.552. The van der Waals surface area contributed by atoms with Crippen molar-refractivity contribution in [2.24, 2.45) is 55.7 Å². The third-order valence-corrected chi connectivity index (χ3v) is 23.3.